The second-order valence-corrected chi connectivity index (χ2v) is 1.88. The average molecular weight is 143 g/mol. The highest BCUT2D eigenvalue weighted by molar-refractivity contribution is 5.37. The van der Waals surface area contributed by atoms with Crippen LogP contribution in [0.25, 0.3) is 0 Å². The molecule has 0 atom stereocenters. The van der Waals surface area contributed by atoms with E-state index in [9.17, 15) is 0 Å². The van der Waals surface area contributed by atoms with E-state index in [1.54, 1.807) is 0 Å². The van der Waals surface area contributed by atoms with Gasteiger partial charge in [0.15, 0.2) is 0 Å². The van der Waals surface area contributed by atoms with Crippen LogP contribution >= 0.6 is 0 Å². The highest BCUT2D eigenvalue weighted by Crippen LogP contribution is 2.14. The molecule has 0 amide bonds. The first-order valence-electron chi connectivity index (χ1n) is 6.21. The van der Waals surface area contributed by atoms with Crippen LogP contribution in [0.1, 0.15) is 34.8 Å². The van der Waals surface area contributed by atoms with Crippen LogP contribution < -0.4 is 5.73 Å². The maximum atomic E-state index is 7.84. The summed E-state index contributed by atoms with van der Waals surface area (Å²) in [6, 6.07) is 1.15. The Hall–Kier alpha value is -1.05. The van der Waals surface area contributed by atoms with E-state index in [1.807, 2.05) is 0 Å². The number of hydrogen-bond donors (Lipinski definition) is 1. The summed E-state index contributed by atoms with van der Waals surface area (Å²) in [6.45, 7) is -6.01. The molecule has 0 unspecified atom stereocenters. The third-order valence-electron chi connectivity index (χ3n) is 1.05. The van der Waals surface area contributed by atoms with Crippen molar-refractivity contribution in [2.75, 3.05) is 5.73 Å². The van der Waals surface area contributed by atoms with E-state index in [2.05, 4.69) is 4.98 Å². The molecule has 2 N–H and O–H groups in total. The summed E-state index contributed by atoms with van der Waals surface area (Å²) in [5.41, 5.74) is 5.31. The summed E-state index contributed by atoms with van der Waals surface area (Å²) in [5, 5.41) is 0. The van der Waals surface area contributed by atoms with E-state index in [1.165, 1.54) is 6.20 Å². The minimum absolute atomic E-state index is 0.118. The largest absolute Gasteiger partial charge is 0.397 e. The molecule has 1 aromatic heterocycles. The van der Waals surface area contributed by atoms with Gasteiger partial charge in [-0.3, -0.25) is 4.98 Å². The predicted molar refractivity (Wildman–Crippen MR) is 42.7 cm³/mol. The molecule has 1 rings (SSSR count). The van der Waals surface area contributed by atoms with Gasteiger partial charge in [0.1, 0.15) is 0 Å². The van der Waals surface area contributed by atoms with Crippen LogP contribution in [0.15, 0.2) is 18.5 Å². The lowest BCUT2D eigenvalue weighted by Crippen LogP contribution is -1.92. The SMILES string of the molecule is [2H]C([2H])([2H])C([2H])(c1cncc(N)c1)C([2H])([2H])[2H]. The van der Waals surface area contributed by atoms with E-state index in [4.69, 9.17) is 15.3 Å². The van der Waals surface area contributed by atoms with Crippen molar-refractivity contribution in [1.29, 1.82) is 0 Å². The normalized spacial score (nSPS) is 24.2. The van der Waals surface area contributed by atoms with Crippen molar-refractivity contribution in [1.82, 2.24) is 4.98 Å². The zero-order chi connectivity index (χ0) is 13.5. The van der Waals surface area contributed by atoms with Gasteiger partial charge in [0.25, 0.3) is 0 Å². The molecule has 2 nitrogen and oxygen atoms in total. The molecule has 0 radical (unpaired) electrons. The van der Waals surface area contributed by atoms with Gasteiger partial charge in [-0.1, -0.05) is 13.7 Å². The molecule has 0 aromatic carbocycles. The lowest BCUT2D eigenvalue weighted by Gasteiger charge is -2.03. The fraction of sp³-hybridized carbons (Fsp3) is 0.375. The number of hydrogen-bond acceptors (Lipinski definition) is 2. The number of anilines is 1. The van der Waals surface area contributed by atoms with Crippen LogP contribution in [-0.2, 0) is 0 Å². The van der Waals surface area contributed by atoms with Crippen LogP contribution in [0.4, 0.5) is 5.69 Å². The van der Waals surface area contributed by atoms with Crippen molar-refractivity contribution in [3.8, 4) is 0 Å². The molecule has 0 bridgehead atoms. The number of rotatable bonds is 1. The number of pyridine rings is 1. The van der Waals surface area contributed by atoms with Gasteiger partial charge < -0.3 is 5.73 Å². The first kappa shape index (κ1) is 2.22. The summed E-state index contributed by atoms with van der Waals surface area (Å²) in [5.74, 6) is -2.73. The van der Waals surface area contributed by atoms with Crippen LogP contribution in [0.5, 0.6) is 0 Å². The van der Waals surface area contributed by atoms with Gasteiger partial charge in [-0.05, 0) is 17.5 Å². The van der Waals surface area contributed by atoms with Crippen LogP contribution in [0.3, 0.4) is 0 Å². The van der Waals surface area contributed by atoms with Crippen molar-refractivity contribution in [3.63, 3.8) is 0 Å². The monoisotopic (exact) mass is 143 g/mol. The summed E-state index contributed by atoms with van der Waals surface area (Å²) in [4.78, 5) is 3.63. The Bertz CT molecular complexity index is 395. The predicted octanol–water partition coefficient (Wildman–Crippen LogP) is 1.79. The molecule has 0 aliphatic carbocycles. The Kier molecular flexibility index (Phi) is 0.598. The minimum atomic E-state index is -3.01. The van der Waals surface area contributed by atoms with Gasteiger partial charge in [-0.15, -0.1) is 0 Å². The van der Waals surface area contributed by atoms with Gasteiger partial charge in [-0.2, -0.15) is 0 Å². The van der Waals surface area contributed by atoms with Gasteiger partial charge >= 0.3 is 0 Å². The summed E-state index contributed by atoms with van der Waals surface area (Å²) in [6.07, 6.45) is 2.30. The third-order valence-corrected chi connectivity index (χ3v) is 1.05. The summed E-state index contributed by atoms with van der Waals surface area (Å²) in [7, 11) is 0. The van der Waals surface area contributed by atoms with Gasteiger partial charge in [0.05, 0.1) is 5.69 Å². The van der Waals surface area contributed by atoms with Crippen molar-refractivity contribution >= 4 is 5.69 Å². The Labute approximate surface area is 70.9 Å². The highest BCUT2D eigenvalue weighted by Gasteiger charge is 1.97. The van der Waals surface area contributed by atoms with Gasteiger partial charge in [0, 0.05) is 22.0 Å². The molecule has 54 valence electrons. The molecule has 2 heteroatoms. The van der Waals surface area contributed by atoms with Crippen LogP contribution in [0.2, 0.25) is 0 Å². The van der Waals surface area contributed by atoms with E-state index >= 15 is 0 Å². The number of nitrogens with two attached hydrogens (primary N) is 1. The molecule has 0 saturated heterocycles. The van der Waals surface area contributed by atoms with Gasteiger partial charge in [0.2, 0.25) is 0 Å². The highest BCUT2D eigenvalue weighted by atomic mass is 14.7. The van der Waals surface area contributed by atoms with E-state index in [0.717, 1.165) is 12.3 Å². The third kappa shape index (κ3) is 1.47. The lowest BCUT2D eigenvalue weighted by molar-refractivity contribution is 0.859. The van der Waals surface area contributed by atoms with Crippen LogP contribution in [-0.4, -0.2) is 4.98 Å². The molecule has 0 spiro atoms. The number of nitrogens with zero attached hydrogens (tertiary/aromatic N) is 1. The first-order valence-corrected chi connectivity index (χ1v) is 2.71. The van der Waals surface area contributed by atoms with Gasteiger partial charge in [-0.25, -0.2) is 0 Å². The average Bonchev–Trinajstić information content (AvgIpc) is 2.12. The Morgan fingerprint density at radius 2 is 2.50 bits per heavy atom. The quantitative estimate of drug-likeness (QED) is 0.651. The Morgan fingerprint density at radius 1 is 1.70 bits per heavy atom. The summed E-state index contributed by atoms with van der Waals surface area (Å²) >= 11 is 0. The maximum Gasteiger partial charge on any atom is 0.0503 e. The molecule has 0 aliphatic heterocycles. The smallest absolute Gasteiger partial charge is 0.0503 e. The number of aromatic nitrogens is 1. The molecule has 1 heterocycles. The van der Waals surface area contributed by atoms with Crippen LogP contribution in [0, 0.1) is 0 Å². The Morgan fingerprint density at radius 3 is 3.10 bits per heavy atom. The van der Waals surface area contributed by atoms with E-state index in [-0.39, 0.29) is 11.3 Å². The van der Waals surface area contributed by atoms with Crippen molar-refractivity contribution in [2.45, 2.75) is 19.6 Å². The molecule has 0 saturated carbocycles. The molecule has 0 fully saturated rings. The topological polar surface area (TPSA) is 38.9 Å². The second-order valence-electron chi connectivity index (χ2n) is 1.88. The number of nitrogen functional groups attached to an aromatic ring is 1. The molecule has 0 aliphatic rings. The van der Waals surface area contributed by atoms with Crippen molar-refractivity contribution in [3.05, 3.63) is 24.0 Å². The fourth-order valence-electron chi connectivity index (χ4n) is 0.594. The standard InChI is InChI=1S/C8H12N2/c1-6(2)7-3-8(9)5-10-4-7/h3-6H,9H2,1-2H3/i1D3,2D3,6D. The molecule has 10 heavy (non-hydrogen) atoms. The first-order chi connectivity index (χ1) is 7.50. The molecular weight excluding hydrogens is 124 g/mol. The fourth-order valence-corrected chi connectivity index (χ4v) is 0.594. The van der Waals surface area contributed by atoms with E-state index < -0.39 is 19.6 Å². The van der Waals surface area contributed by atoms with Crippen molar-refractivity contribution < 1.29 is 9.60 Å². The van der Waals surface area contributed by atoms with E-state index in [0.29, 0.717) is 0 Å². The maximum absolute atomic E-state index is 7.84. The summed E-state index contributed by atoms with van der Waals surface area (Å²) < 4.78 is 51.4. The molecular formula is C8H12N2. The van der Waals surface area contributed by atoms with Crippen molar-refractivity contribution in [2.24, 2.45) is 0 Å². The lowest BCUT2D eigenvalue weighted by atomic mass is 10.1. The molecule has 1 aromatic rings. The zero-order valence-electron chi connectivity index (χ0n) is 12.3. The zero-order valence-corrected chi connectivity index (χ0v) is 5.26. The second kappa shape index (κ2) is 2.69. The minimum Gasteiger partial charge on any atom is -0.397 e. The Balaban J connectivity index is 3.46.